The van der Waals surface area contributed by atoms with Gasteiger partial charge in [0.15, 0.2) is 0 Å². The van der Waals surface area contributed by atoms with Crippen LogP contribution in [0.15, 0.2) is 53.0 Å². The van der Waals surface area contributed by atoms with E-state index in [1.807, 2.05) is 6.07 Å². The third-order valence-corrected chi connectivity index (χ3v) is 2.64. The molecule has 0 saturated carbocycles. The average molecular weight is 211 g/mol. The minimum absolute atomic E-state index is 0.417. The lowest BCUT2D eigenvalue weighted by Crippen LogP contribution is -2.08. The highest BCUT2D eigenvalue weighted by Gasteiger charge is 2.07. The van der Waals surface area contributed by atoms with Crippen LogP contribution in [0, 0.1) is 0 Å². The Morgan fingerprint density at radius 1 is 1.19 bits per heavy atom. The molecule has 1 heterocycles. The maximum Gasteiger partial charge on any atom is 0.0514 e. The molecule has 1 aliphatic heterocycles. The van der Waals surface area contributed by atoms with E-state index in [-0.39, 0.29) is 0 Å². The van der Waals surface area contributed by atoms with Crippen LogP contribution in [0.25, 0.3) is 6.08 Å². The Balaban J connectivity index is 2.11. The fourth-order valence-corrected chi connectivity index (χ4v) is 1.98. The quantitative estimate of drug-likeness (QED) is 0.704. The molecule has 0 N–H and O–H groups in total. The molecule has 1 aromatic carbocycles. The Hall–Kier alpha value is -1.63. The summed E-state index contributed by atoms with van der Waals surface area (Å²) in [6, 6.07) is 10.8. The summed E-state index contributed by atoms with van der Waals surface area (Å²) in [6.07, 6.45) is 7.57. The first-order chi connectivity index (χ1) is 7.74. The van der Waals surface area contributed by atoms with Crippen LogP contribution in [0.3, 0.4) is 0 Å². The molecular formula is C15H17N. The summed E-state index contributed by atoms with van der Waals surface area (Å²) in [4.78, 5) is 4.49. The van der Waals surface area contributed by atoms with Crippen molar-refractivity contribution in [1.82, 2.24) is 0 Å². The monoisotopic (exact) mass is 211 g/mol. The molecule has 0 spiro atoms. The maximum absolute atomic E-state index is 4.49. The van der Waals surface area contributed by atoms with E-state index in [0.717, 1.165) is 12.1 Å². The van der Waals surface area contributed by atoms with E-state index in [4.69, 9.17) is 0 Å². The van der Waals surface area contributed by atoms with E-state index in [1.165, 1.54) is 11.1 Å². The zero-order valence-electron chi connectivity index (χ0n) is 9.85. The minimum atomic E-state index is 0.417. The van der Waals surface area contributed by atoms with Crippen molar-refractivity contribution < 1.29 is 0 Å². The van der Waals surface area contributed by atoms with E-state index in [9.17, 15) is 0 Å². The molecular weight excluding hydrogens is 194 g/mol. The first-order valence-electron chi connectivity index (χ1n) is 5.72. The summed E-state index contributed by atoms with van der Waals surface area (Å²) in [5, 5.41) is 0. The largest absolute Gasteiger partial charge is 0.287 e. The Morgan fingerprint density at radius 2 is 1.94 bits per heavy atom. The predicted octanol–water partition coefficient (Wildman–Crippen LogP) is 3.88. The van der Waals surface area contributed by atoms with Crippen LogP contribution in [-0.4, -0.2) is 11.8 Å². The van der Waals surface area contributed by atoms with Crippen LogP contribution >= 0.6 is 0 Å². The highest BCUT2D eigenvalue weighted by Crippen LogP contribution is 2.17. The number of nitrogens with zero attached hydrogens (tertiary/aromatic N) is 1. The van der Waals surface area contributed by atoms with Gasteiger partial charge in [0.05, 0.1) is 6.04 Å². The third kappa shape index (κ3) is 2.93. The molecule has 1 nitrogen and oxygen atoms in total. The number of dihydropyridines is 1. The summed E-state index contributed by atoms with van der Waals surface area (Å²) in [6.45, 7) is 4.22. The zero-order chi connectivity index (χ0) is 11.4. The highest BCUT2D eigenvalue weighted by atomic mass is 14.8. The van der Waals surface area contributed by atoms with Gasteiger partial charge < -0.3 is 0 Å². The second kappa shape index (κ2) is 4.93. The number of hydrogen-bond acceptors (Lipinski definition) is 1. The number of benzene rings is 1. The van der Waals surface area contributed by atoms with Crippen LogP contribution in [-0.2, 0) is 0 Å². The van der Waals surface area contributed by atoms with Crippen molar-refractivity contribution in [2.24, 2.45) is 4.99 Å². The molecule has 1 heteroatoms. The first kappa shape index (κ1) is 10.9. The summed E-state index contributed by atoms with van der Waals surface area (Å²) >= 11 is 0. The summed E-state index contributed by atoms with van der Waals surface area (Å²) in [7, 11) is 0. The van der Waals surface area contributed by atoms with E-state index < -0.39 is 0 Å². The Bertz CT molecular complexity index is 438. The number of rotatable bonds is 2. The molecule has 1 atom stereocenters. The standard InChI is InChI=1S/C15H17N/c1-12-10-15(11-13(2)16-12)9-8-14-6-4-3-5-7-14/h3-10,13H,11H2,1-2H3/b9-8+. The van der Waals surface area contributed by atoms with Crippen LogP contribution in [0.2, 0.25) is 0 Å². The van der Waals surface area contributed by atoms with Crippen molar-refractivity contribution in [1.29, 1.82) is 0 Å². The molecule has 1 aromatic rings. The molecule has 0 aromatic heterocycles. The van der Waals surface area contributed by atoms with Crippen molar-refractivity contribution in [3.05, 3.63) is 53.6 Å². The molecule has 0 aliphatic carbocycles. The molecule has 1 aliphatic rings. The Kier molecular flexibility index (Phi) is 3.35. The second-order valence-corrected chi connectivity index (χ2v) is 4.29. The molecule has 0 amide bonds. The predicted molar refractivity (Wildman–Crippen MR) is 70.7 cm³/mol. The average Bonchev–Trinajstić information content (AvgIpc) is 2.27. The Morgan fingerprint density at radius 3 is 2.62 bits per heavy atom. The van der Waals surface area contributed by atoms with Gasteiger partial charge in [0.1, 0.15) is 0 Å². The SMILES string of the molecule is CC1=NC(C)CC(/C=C/c2ccccc2)=C1. The zero-order valence-corrected chi connectivity index (χ0v) is 9.85. The summed E-state index contributed by atoms with van der Waals surface area (Å²) in [5.41, 5.74) is 3.74. The van der Waals surface area contributed by atoms with Gasteiger partial charge in [-0.3, -0.25) is 4.99 Å². The number of allylic oxidation sites excluding steroid dienone is 2. The highest BCUT2D eigenvalue weighted by molar-refractivity contribution is 5.94. The topological polar surface area (TPSA) is 12.4 Å². The third-order valence-electron chi connectivity index (χ3n) is 2.64. The fraction of sp³-hybridized carbons (Fsp3) is 0.267. The van der Waals surface area contributed by atoms with Gasteiger partial charge in [-0.15, -0.1) is 0 Å². The van der Waals surface area contributed by atoms with Crippen LogP contribution in [0.4, 0.5) is 0 Å². The van der Waals surface area contributed by atoms with E-state index in [1.54, 1.807) is 0 Å². The van der Waals surface area contributed by atoms with Gasteiger partial charge >= 0.3 is 0 Å². The van der Waals surface area contributed by atoms with Crippen molar-refractivity contribution in [2.75, 3.05) is 0 Å². The van der Waals surface area contributed by atoms with Crippen LogP contribution < -0.4 is 0 Å². The van der Waals surface area contributed by atoms with Crippen molar-refractivity contribution in [2.45, 2.75) is 26.3 Å². The van der Waals surface area contributed by atoms with Crippen molar-refractivity contribution in [3.63, 3.8) is 0 Å². The van der Waals surface area contributed by atoms with Gasteiger partial charge in [-0.25, -0.2) is 0 Å². The molecule has 0 radical (unpaired) electrons. The van der Waals surface area contributed by atoms with Gasteiger partial charge in [-0.1, -0.05) is 42.5 Å². The molecule has 1 unspecified atom stereocenters. The lowest BCUT2D eigenvalue weighted by atomic mass is 10.0. The fourth-order valence-electron chi connectivity index (χ4n) is 1.98. The second-order valence-electron chi connectivity index (χ2n) is 4.29. The minimum Gasteiger partial charge on any atom is -0.287 e. The van der Waals surface area contributed by atoms with Crippen molar-refractivity contribution in [3.8, 4) is 0 Å². The first-order valence-corrected chi connectivity index (χ1v) is 5.72. The maximum atomic E-state index is 4.49. The lowest BCUT2D eigenvalue weighted by Gasteiger charge is -2.13. The van der Waals surface area contributed by atoms with Gasteiger partial charge in [0.25, 0.3) is 0 Å². The van der Waals surface area contributed by atoms with E-state index >= 15 is 0 Å². The molecule has 0 saturated heterocycles. The molecule has 82 valence electrons. The summed E-state index contributed by atoms with van der Waals surface area (Å²) in [5.74, 6) is 0. The Labute approximate surface area is 97.2 Å². The van der Waals surface area contributed by atoms with Gasteiger partial charge in [0.2, 0.25) is 0 Å². The van der Waals surface area contributed by atoms with Crippen LogP contribution in [0.5, 0.6) is 0 Å². The smallest absolute Gasteiger partial charge is 0.0514 e. The van der Waals surface area contributed by atoms with Gasteiger partial charge in [-0.05, 0) is 37.5 Å². The van der Waals surface area contributed by atoms with Gasteiger partial charge in [0, 0.05) is 5.71 Å². The van der Waals surface area contributed by atoms with E-state index in [2.05, 4.69) is 61.3 Å². The number of hydrogen-bond donors (Lipinski definition) is 0. The van der Waals surface area contributed by atoms with Crippen molar-refractivity contribution >= 4 is 11.8 Å². The molecule has 0 bridgehead atoms. The van der Waals surface area contributed by atoms with Gasteiger partial charge in [-0.2, -0.15) is 0 Å². The van der Waals surface area contributed by atoms with Crippen LogP contribution in [0.1, 0.15) is 25.8 Å². The van der Waals surface area contributed by atoms with E-state index in [0.29, 0.717) is 6.04 Å². The molecule has 16 heavy (non-hydrogen) atoms. The molecule has 0 fully saturated rings. The molecule has 2 rings (SSSR count). The lowest BCUT2D eigenvalue weighted by molar-refractivity contribution is 0.735. The normalized spacial score (nSPS) is 20.8. The summed E-state index contributed by atoms with van der Waals surface area (Å²) < 4.78 is 0. The number of aliphatic imine (C=N–C) groups is 1.